The molecule has 4 heteroatoms. The molecule has 0 saturated carbocycles. The molecule has 4 rings (SSSR count). The van der Waals surface area contributed by atoms with Crippen molar-refractivity contribution >= 4 is 0 Å². The van der Waals surface area contributed by atoms with Crippen molar-refractivity contribution in [1.82, 2.24) is 4.57 Å². The molecule has 0 unspecified atom stereocenters. The summed E-state index contributed by atoms with van der Waals surface area (Å²) in [6.07, 6.45) is 0.631. The maximum absolute atomic E-state index is 12.9. The molecule has 25 heavy (non-hydrogen) atoms. The predicted octanol–water partition coefficient (Wildman–Crippen LogP) is 2.95. The highest BCUT2D eigenvalue weighted by molar-refractivity contribution is 5.92. The lowest BCUT2D eigenvalue weighted by molar-refractivity contribution is 0.272. The zero-order valence-electron chi connectivity index (χ0n) is 13.6. The first-order chi connectivity index (χ1) is 12.3. The summed E-state index contributed by atoms with van der Waals surface area (Å²) in [5.74, 6) is 0. The topological polar surface area (TPSA) is 66.0 Å². The highest BCUT2D eigenvalue weighted by Gasteiger charge is 2.29. The summed E-state index contributed by atoms with van der Waals surface area (Å²) in [5.41, 5.74) is 5.36. The second kappa shape index (κ2) is 6.04. The number of rotatable bonds is 3. The Bertz CT molecular complexity index is 1060. The van der Waals surface area contributed by atoms with Crippen LogP contribution in [0.2, 0.25) is 0 Å². The van der Waals surface area contributed by atoms with Crippen molar-refractivity contribution < 1.29 is 5.11 Å². The van der Waals surface area contributed by atoms with Crippen molar-refractivity contribution in [1.29, 1.82) is 5.26 Å². The van der Waals surface area contributed by atoms with Gasteiger partial charge in [0.05, 0.1) is 6.61 Å². The fourth-order valence-corrected chi connectivity index (χ4v) is 3.68. The Balaban J connectivity index is 2.16. The summed E-state index contributed by atoms with van der Waals surface area (Å²) in [5, 5.41) is 19.1. The van der Waals surface area contributed by atoms with Gasteiger partial charge in [0.2, 0.25) is 0 Å². The van der Waals surface area contributed by atoms with Crippen LogP contribution in [0.4, 0.5) is 0 Å². The first kappa shape index (κ1) is 15.4. The van der Waals surface area contributed by atoms with Gasteiger partial charge in [0.1, 0.15) is 11.6 Å². The molecule has 0 spiro atoms. The minimum Gasteiger partial charge on any atom is -0.395 e. The van der Waals surface area contributed by atoms with Crippen LogP contribution in [0.15, 0.2) is 59.4 Å². The highest BCUT2D eigenvalue weighted by Crippen LogP contribution is 2.43. The van der Waals surface area contributed by atoms with Crippen LogP contribution < -0.4 is 5.56 Å². The molecule has 0 aliphatic heterocycles. The van der Waals surface area contributed by atoms with Gasteiger partial charge in [-0.1, -0.05) is 54.6 Å². The second-order valence-electron chi connectivity index (χ2n) is 6.06. The van der Waals surface area contributed by atoms with E-state index in [4.69, 9.17) is 0 Å². The summed E-state index contributed by atoms with van der Waals surface area (Å²) in [4.78, 5) is 12.9. The van der Waals surface area contributed by atoms with E-state index in [-0.39, 0.29) is 24.3 Å². The molecule has 0 radical (unpaired) electrons. The van der Waals surface area contributed by atoms with Gasteiger partial charge in [0, 0.05) is 29.8 Å². The number of pyridine rings is 1. The quantitative estimate of drug-likeness (QED) is 0.629. The molecule has 4 nitrogen and oxygen atoms in total. The number of benzene rings is 2. The van der Waals surface area contributed by atoms with Gasteiger partial charge in [0.25, 0.3) is 5.56 Å². The lowest BCUT2D eigenvalue weighted by atomic mass is 9.92. The average Bonchev–Trinajstić information content (AvgIpc) is 3.03. The molecule has 0 atom stereocenters. The molecule has 1 N–H and O–H groups in total. The molecular formula is C21H16N2O2. The third-order valence-corrected chi connectivity index (χ3v) is 4.72. The number of aliphatic hydroxyl groups excluding tert-OH is 1. The van der Waals surface area contributed by atoms with E-state index in [9.17, 15) is 15.2 Å². The van der Waals surface area contributed by atoms with E-state index in [1.165, 1.54) is 0 Å². The van der Waals surface area contributed by atoms with Crippen LogP contribution in [0.5, 0.6) is 0 Å². The number of fused-ring (bicyclic) bond motifs is 3. The largest absolute Gasteiger partial charge is 0.395 e. The first-order valence-electron chi connectivity index (χ1n) is 8.20. The van der Waals surface area contributed by atoms with Crippen molar-refractivity contribution in [2.45, 2.75) is 13.0 Å². The molecule has 1 heterocycles. The van der Waals surface area contributed by atoms with Crippen molar-refractivity contribution in [2.75, 3.05) is 6.61 Å². The monoisotopic (exact) mass is 328 g/mol. The van der Waals surface area contributed by atoms with Crippen LogP contribution in [-0.4, -0.2) is 16.3 Å². The standard InChI is InChI=1S/C21H16N2O2/c22-13-17-19(14-6-2-1-3-7-14)20-16-9-5-4-8-15(16)12-18(20)23(10-11-24)21(17)25/h1-9,24H,10-12H2. The van der Waals surface area contributed by atoms with E-state index in [1.807, 2.05) is 54.6 Å². The van der Waals surface area contributed by atoms with Crippen LogP contribution >= 0.6 is 0 Å². The number of aliphatic hydroxyl groups is 1. The van der Waals surface area contributed by atoms with Crippen molar-refractivity contribution in [3.63, 3.8) is 0 Å². The van der Waals surface area contributed by atoms with Gasteiger partial charge in [-0.2, -0.15) is 5.26 Å². The van der Waals surface area contributed by atoms with Gasteiger partial charge in [-0.3, -0.25) is 4.79 Å². The minimum absolute atomic E-state index is 0.134. The Morgan fingerprint density at radius 2 is 1.76 bits per heavy atom. The lowest BCUT2D eigenvalue weighted by Gasteiger charge is -2.17. The summed E-state index contributed by atoms with van der Waals surface area (Å²) in [6, 6.07) is 19.7. The van der Waals surface area contributed by atoms with E-state index < -0.39 is 0 Å². The molecule has 0 saturated heterocycles. The maximum atomic E-state index is 12.9. The van der Waals surface area contributed by atoms with Crippen LogP contribution in [-0.2, 0) is 13.0 Å². The third-order valence-electron chi connectivity index (χ3n) is 4.72. The normalized spacial score (nSPS) is 11.7. The zero-order valence-corrected chi connectivity index (χ0v) is 13.6. The van der Waals surface area contributed by atoms with Gasteiger partial charge in [0.15, 0.2) is 0 Å². The van der Waals surface area contributed by atoms with Crippen molar-refractivity contribution in [2.24, 2.45) is 0 Å². The Labute approximate surface area is 145 Å². The lowest BCUT2D eigenvalue weighted by Crippen LogP contribution is -2.28. The molecule has 2 aromatic carbocycles. The van der Waals surface area contributed by atoms with Crippen molar-refractivity contribution in [3.8, 4) is 28.3 Å². The summed E-state index contributed by atoms with van der Waals surface area (Å²) in [6.45, 7) is 0.0527. The summed E-state index contributed by atoms with van der Waals surface area (Å²) < 4.78 is 1.56. The molecule has 0 amide bonds. The van der Waals surface area contributed by atoms with E-state index in [2.05, 4.69) is 6.07 Å². The number of nitrogens with zero attached hydrogens (tertiary/aromatic N) is 2. The third kappa shape index (κ3) is 2.29. The van der Waals surface area contributed by atoms with Crippen LogP contribution in [0.25, 0.3) is 22.3 Å². The molecule has 0 bridgehead atoms. The molecule has 1 aliphatic carbocycles. The van der Waals surface area contributed by atoms with E-state index >= 15 is 0 Å². The Morgan fingerprint density at radius 3 is 2.48 bits per heavy atom. The molecular weight excluding hydrogens is 312 g/mol. The predicted molar refractivity (Wildman–Crippen MR) is 96.2 cm³/mol. The first-order valence-corrected chi connectivity index (χ1v) is 8.20. The smallest absolute Gasteiger partial charge is 0.269 e. The fraction of sp³-hybridized carbons (Fsp3) is 0.143. The maximum Gasteiger partial charge on any atom is 0.269 e. The zero-order chi connectivity index (χ0) is 17.4. The fourth-order valence-electron chi connectivity index (χ4n) is 3.68. The summed E-state index contributed by atoms with van der Waals surface area (Å²) in [7, 11) is 0. The average molecular weight is 328 g/mol. The Kier molecular flexibility index (Phi) is 3.72. The van der Waals surface area contributed by atoms with E-state index in [0.29, 0.717) is 12.0 Å². The van der Waals surface area contributed by atoms with E-state index in [0.717, 1.165) is 27.9 Å². The molecule has 0 fully saturated rings. The molecule has 3 aromatic rings. The number of hydrogen-bond acceptors (Lipinski definition) is 3. The summed E-state index contributed by atoms with van der Waals surface area (Å²) >= 11 is 0. The highest BCUT2D eigenvalue weighted by atomic mass is 16.3. The van der Waals surface area contributed by atoms with Gasteiger partial charge in [-0.05, 0) is 16.7 Å². The molecule has 1 aromatic heterocycles. The minimum atomic E-state index is -0.332. The molecule has 1 aliphatic rings. The Morgan fingerprint density at radius 1 is 1.04 bits per heavy atom. The van der Waals surface area contributed by atoms with Crippen molar-refractivity contribution in [3.05, 3.63) is 81.8 Å². The van der Waals surface area contributed by atoms with E-state index in [1.54, 1.807) is 4.57 Å². The van der Waals surface area contributed by atoms with Crippen LogP contribution in [0.3, 0.4) is 0 Å². The SMILES string of the molecule is N#Cc1c(-c2ccccc2)c2c(n(CCO)c1=O)Cc1ccccc1-2. The van der Waals surface area contributed by atoms with Gasteiger partial charge < -0.3 is 9.67 Å². The molecule has 122 valence electrons. The number of aromatic nitrogens is 1. The second-order valence-corrected chi connectivity index (χ2v) is 6.06. The van der Waals surface area contributed by atoms with Gasteiger partial charge in [-0.15, -0.1) is 0 Å². The number of nitriles is 1. The number of hydrogen-bond donors (Lipinski definition) is 1. The van der Waals surface area contributed by atoms with Crippen LogP contribution in [0.1, 0.15) is 16.8 Å². The van der Waals surface area contributed by atoms with Crippen LogP contribution in [0, 0.1) is 11.3 Å². The Hall–Kier alpha value is -3.16. The van der Waals surface area contributed by atoms with Gasteiger partial charge >= 0.3 is 0 Å². The van der Waals surface area contributed by atoms with Gasteiger partial charge in [-0.25, -0.2) is 0 Å².